The first-order chi connectivity index (χ1) is 12.6. The van der Waals surface area contributed by atoms with E-state index in [2.05, 4.69) is 14.8 Å². The van der Waals surface area contributed by atoms with Gasteiger partial charge in [0.1, 0.15) is 0 Å². The fourth-order valence-electron chi connectivity index (χ4n) is 2.77. The number of nitrogens with zero attached hydrogens (tertiary/aromatic N) is 3. The Bertz CT molecular complexity index is 867. The molecule has 3 aromatic heterocycles. The molecule has 0 aliphatic rings. The number of ether oxygens (including phenoxy) is 1. The minimum absolute atomic E-state index is 0.0406. The molecule has 0 N–H and O–H groups in total. The van der Waals surface area contributed by atoms with Crippen LogP contribution in [0.25, 0.3) is 11.7 Å². The van der Waals surface area contributed by atoms with Crippen LogP contribution in [0.5, 0.6) is 0 Å². The number of furan rings is 1. The van der Waals surface area contributed by atoms with E-state index in [1.54, 1.807) is 19.2 Å². The standard InChI is InChI=1S/C18H21N3O4S/c1-12-10-14(13(2)21(12)7-5-8-23-3)15(22)11-26-18-20-19-17(25-18)16-6-4-9-24-16/h4,6,9-10H,5,7-8,11H2,1-3H3. The van der Waals surface area contributed by atoms with Crippen molar-refractivity contribution in [3.05, 3.63) is 41.4 Å². The smallest absolute Gasteiger partial charge is 0.284 e. The zero-order chi connectivity index (χ0) is 18.5. The molecule has 7 nitrogen and oxygen atoms in total. The Kier molecular flexibility index (Phi) is 5.95. The van der Waals surface area contributed by atoms with Gasteiger partial charge in [0.05, 0.1) is 12.0 Å². The number of aryl methyl sites for hydroxylation is 1. The molecule has 0 radical (unpaired) electrons. The normalized spacial score (nSPS) is 11.2. The third-order valence-electron chi connectivity index (χ3n) is 4.07. The van der Waals surface area contributed by atoms with Gasteiger partial charge in [-0.2, -0.15) is 0 Å². The third kappa shape index (κ3) is 4.08. The SMILES string of the molecule is COCCCn1c(C)cc(C(=O)CSc2nnc(-c3ccco3)o2)c1C. The first-order valence-corrected chi connectivity index (χ1v) is 9.27. The minimum Gasteiger partial charge on any atom is -0.459 e. The summed E-state index contributed by atoms with van der Waals surface area (Å²) in [5, 5.41) is 8.22. The minimum atomic E-state index is 0.0406. The molecule has 0 unspecified atom stereocenters. The summed E-state index contributed by atoms with van der Waals surface area (Å²) in [4.78, 5) is 12.6. The molecule has 3 aromatic rings. The van der Waals surface area contributed by atoms with Gasteiger partial charge >= 0.3 is 0 Å². The summed E-state index contributed by atoms with van der Waals surface area (Å²) in [5.74, 6) is 1.10. The predicted molar refractivity (Wildman–Crippen MR) is 97.5 cm³/mol. The van der Waals surface area contributed by atoms with Gasteiger partial charge in [-0.05, 0) is 38.5 Å². The number of thioether (sulfide) groups is 1. The van der Waals surface area contributed by atoms with E-state index in [0.29, 0.717) is 23.5 Å². The van der Waals surface area contributed by atoms with Crippen LogP contribution in [0.2, 0.25) is 0 Å². The van der Waals surface area contributed by atoms with Gasteiger partial charge in [-0.3, -0.25) is 4.79 Å². The van der Waals surface area contributed by atoms with Crippen LogP contribution in [0.15, 0.2) is 38.5 Å². The number of carbonyl (C=O) groups is 1. The molecule has 138 valence electrons. The fourth-order valence-corrected chi connectivity index (χ4v) is 3.41. The van der Waals surface area contributed by atoms with E-state index in [-0.39, 0.29) is 11.5 Å². The van der Waals surface area contributed by atoms with Crippen molar-refractivity contribution in [1.82, 2.24) is 14.8 Å². The maximum Gasteiger partial charge on any atom is 0.284 e. The summed E-state index contributed by atoms with van der Waals surface area (Å²) in [6.45, 7) is 5.52. The van der Waals surface area contributed by atoms with Crippen LogP contribution in [0.1, 0.15) is 28.2 Å². The molecular weight excluding hydrogens is 354 g/mol. The second-order valence-electron chi connectivity index (χ2n) is 5.85. The number of aromatic nitrogens is 3. The van der Waals surface area contributed by atoms with Gasteiger partial charge in [0, 0.05) is 37.2 Å². The summed E-state index contributed by atoms with van der Waals surface area (Å²) in [6, 6.07) is 5.43. The Labute approximate surface area is 155 Å². The molecule has 3 heterocycles. The van der Waals surface area contributed by atoms with E-state index in [1.807, 2.05) is 19.9 Å². The highest BCUT2D eigenvalue weighted by Gasteiger charge is 2.18. The molecule has 0 aliphatic heterocycles. The topological polar surface area (TPSA) is 83.3 Å². The van der Waals surface area contributed by atoms with Crippen molar-refractivity contribution in [2.75, 3.05) is 19.5 Å². The lowest BCUT2D eigenvalue weighted by atomic mass is 10.2. The first-order valence-electron chi connectivity index (χ1n) is 8.29. The Morgan fingerprint density at radius 3 is 2.92 bits per heavy atom. The van der Waals surface area contributed by atoms with Crippen LogP contribution in [-0.4, -0.2) is 40.0 Å². The van der Waals surface area contributed by atoms with E-state index in [4.69, 9.17) is 13.6 Å². The molecule has 3 rings (SSSR count). The number of ketones is 1. The third-order valence-corrected chi connectivity index (χ3v) is 4.89. The molecule has 0 amide bonds. The number of hydrogen-bond donors (Lipinski definition) is 0. The molecule has 0 aliphatic carbocycles. The molecule has 0 saturated carbocycles. The summed E-state index contributed by atoms with van der Waals surface area (Å²) in [6.07, 6.45) is 2.45. The summed E-state index contributed by atoms with van der Waals surface area (Å²) < 4.78 is 18.0. The zero-order valence-corrected chi connectivity index (χ0v) is 15.8. The molecule has 26 heavy (non-hydrogen) atoms. The average molecular weight is 375 g/mol. The van der Waals surface area contributed by atoms with E-state index >= 15 is 0 Å². The Morgan fingerprint density at radius 2 is 2.19 bits per heavy atom. The molecule has 0 fully saturated rings. The van der Waals surface area contributed by atoms with Crippen LogP contribution in [0, 0.1) is 13.8 Å². The zero-order valence-electron chi connectivity index (χ0n) is 15.0. The number of carbonyl (C=O) groups excluding carboxylic acids is 1. The molecule has 0 saturated heterocycles. The van der Waals surface area contributed by atoms with Crippen LogP contribution < -0.4 is 0 Å². The van der Waals surface area contributed by atoms with Crippen molar-refractivity contribution in [1.29, 1.82) is 0 Å². The van der Waals surface area contributed by atoms with E-state index in [1.165, 1.54) is 18.0 Å². The summed E-state index contributed by atoms with van der Waals surface area (Å²) >= 11 is 1.23. The highest BCUT2D eigenvalue weighted by Crippen LogP contribution is 2.25. The lowest BCUT2D eigenvalue weighted by molar-refractivity contribution is 0.102. The maximum absolute atomic E-state index is 12.6. The lowest BCUT2D eigenvalue weighted by Crippen LogP contribution is -2.08. The Balaban J connectivity index is 1.62. The van der Waals surface area contributed by atoms with Gasteiger partial charge in [0.2, 0.25) is 0 Å². The van der Waals surface area contributed by atoms with Gasteiger partial charge in [-0.25, -0.2) is 0 Å². The quantitative estimate of drug-likeness (QED) is 0.320. The van der Waals surface area contributed by atoms with Crippen LogP contribution in [-0.2, 0) is 11.3 Å². The maximum atomic E-state index is 12.6. The van der Waals surface area contributed by atoms with Crippen LogP contribution in [0.4, 0.5) is 0 Å². The predicted octanol–water partition coefficient (Wildman–Crippen LogP) is 3.76. The van der Waals surface area contributed by atoms with Crippen LogP contribution in [0.3, 0.4) is 0 Å². The Morgan fingerprint density at radius 1 is 1.35 bits per heavy atom. The van der Waals surface area contributed by atoms with Gasteiger partial charge in [-0.15, -0.1) is 10.2 Å². The van der Waals surface area contributed by atoms with Gasteiger partial charge in [-0.1, -0.05) is 11.8 Å². The molecule has 0 bridgehead atoms. The Hall–Kier alpha value is -2.32. The number of Topliss-reactive ketones (excluding diaryl/α,β-unsaturated/α-hetero) is 1. The fraction of sp³-hybridized carbons (Fsp3) is 0.389. The van der Waals surface area contributed by atoms with E-state index < -0.39 is 0 Å². The largest absolute Gasteiger partial charge is 0.459 e. The van der Waals surface area contributed by atoms with Crippen molar-refractivity contribution in [2.45, 2.75) is 32.0 Å². The highest BCUT2D eigenvalue weighted by molar-refractivity contribution is 7.99. The number of rotatable bonds is 9. The molecule has 0 spiro atoms. The highest BCUT2D eigenvalue weighted by atomic mass is 32.2. The van der Waals surface area contributed by atoms with Gasteiger partial charge < -0.3 is 18.1 Å². The number of methoxy groups -OCH3 is 1. The average Bonchev–Trinajstić information content (AvgIpc) is 3.35. The van der Waals surface area contributed by atoms with Gasteiger partial charge in [0.15, 0.2) is 11.5 Å². The molecular formula is C18H21N3O4S. The molecule has 0 atom stereocenters. The van der Waals surface area contributed by atoms with Crippen molar-refractivity contribution in [3.63, 3.8) is 0 Å². The summed E-state index contributed by atoms with van der Waals surface area (Å²) in [5.41, 5.74) is 2.79. The van der Waals surface area contributed by atoms with Crippen molar-refractivity contribution < 1.29 is 18.4 Å². The molecule has 0 aromatic carbocycles. The number of hydrogen-bond acceptors (Lipinski definition) is 7. The van der Waals surface area contributed by atoms with Gasteiger partial charge in [0.25, 0.3) is 11.1 Å². The van der Waals surface area contributed by atoms with E-state index in [9.17, 15) is 4.79 Å². The lowest BCUT2D eigenvalue weighted by Gasteiger charge is -2.09. The second-order valence-corrected chi connectivity index (χ2v) is 6.77. The van der Waals surface area contributed by atoms with Crippen molar-refractivity contribution in [2.24, 2.45) is 0 Å². The molecule has 8 heteroatoms. The van der Waals surface area contributed by atoms with E-state index in [0.717, 1.165) is 29.9 Å². The van der Waals surface area contributed by atoms with Crippen molar-refractivity contribution >= 4 is 17.5 Å². The van der Waals surface area contributed by atoms with Crippen LogP contribution >= 0.6 is 11.8 Å². The monoisotopic (exact) mass is 375 g/mol. The second kappa shape index (κ2) is 8.37. The summed E-state index contributed by atoms with van der Waals surface area (Å²) in [7, 11) is 1.69. The van der Waals surface area contributed by atoms with Crippen molar-refractivity contribution in [3.8, 4) is 11.7 Å². The first kappa shape index (κ1) is 18.5.